The minimum Gasteiger partial charge on any atom is -0.385 e. The number of halogens is 1. The SMILES string of the molecule is CCC(O)(c1cc(C)cc(F)c1)C1CC1. The van der Waals surface area contributed by atoms with Crippen LogP contribution in [0.5, 0.6) is 0 Å². The smallest absolute Gasteiger partial charge is 0.123 e. The summed E-state index contributed by atoms with van der Waals surface area (Å²) in [5.74, 6) is 0.0706. The van der Waals surface area contributed by atoms with E-state index in [2.05, 4.69) is 0 Å². The molecule has 1 N–H and O–H groups in total. The Morgan fingerprint density at radius 3 is 2.53 bits per heavy atom. The van der Waals surface area contributed by atoms with E-state index in [9.17, 15) is 9.50 Å². The van der Waals surface area contributed by atoms with E-state index < -0.39 is 5.60 Å². The van der Waals surface area contributed by atoms with Gasteiger partial charge in [0.05, 0.1) is 5.60 Å². The topological polar surface area (TPSA) is 20.2 Å². The van der Waals surface area contributed by atoms with Crippen molar-refractivity contribution in [3.05, 3.63) is 35.1 Å². The van der Waals surface area contributed by atoms with Crippen molar-refractivity contribution in [1.29, 1.82) is 0 Å². The molecule has 1 fully saturated rings. The standard InChI is InChI=1S/C13H17FO/c1-3-13(15,10-4-5-10)11-6-9(2)7-12(14)8-11/h6-8,10,15H,3-5H2,1-2H3. The molecule has 2 heteroatoms. The molecular weight excluding hydrogens is 191 g/mol. The van der Waals surface area contributed by atoms with Gasteiger partial charge in [-0.15, -0.1) is 0 Å². The van der Waals surface area contributed by atoms with Crippen molar-refractivity contribution in [2.24, 2.45) is 5.92 Å². The Hall–Kier alpha value is -0.890. The van der Waals surface area contributed by atoms with Gasteiger partial charge in [0.15, 0.2) is 0 Å². The van der Waals surface area contributed by atoms with Gasteiger partial charge in [-0.3, -0.25) is 0 Å². The zero-order chi connectivity index (χ0) is 11.1. The van der Waals surface area contributed by atoms with E-state index in [4.69, 9.17) is 0 Å². The summed E-state index contributed by atoms with van der Waals surface area (Å²) >= 11 is 0. The van der Waals surface area contributed by atoms with E-state index in [0.717, 1.165) is 24.0 Å². The highest BCUT2D eigenvalue weighted by molar-refractivity contribution is 5.30. The van der Waals surface area contributed by atoms with Crippen molar-refractivity contribution in [3.8, 4) is 0 Å². The van der Waals surface area contributed by atoms with Crippen LogP contribution in [0.4, 0.5) is 4.39 Å². The number of aryl methyl sites for hydroxylation is 1. The molecule has 0 saturated heterocycles. The lowest BCUT2D eigenvalue weighted by molar-refractivity contribution is 0.00857. The third-order valence-corrected chi connectivity index (χ3v) is 3.33. The molecular formula is C13H17FO. The van der Waals surface area contributed by atoms with Crippen LogP contribution in [0.1, 0.15) is 37.3 Å². The van der Waals surface area contributed by atoms with Crippen LogP contribution in [0.15, 0.2) is 18.2 Å². The van der Waals surface area contributed by atoms with E-state index in [1.54, 1.807) is 0 Å². The van der Waals surface area contributed by atoms with Gasteiger partial charge in [-0.2, -0.15) is 0 Å². The van der Waals surface area contributed by atoms with Crippen molar-refractivity contribution in [2.45, 2.75) is 38.7 Å². The Kier molecular flexibility index (Phi) is 2.55. The maximum Gasteiger partial charge on any atom is 0.123 e. The first-order valence-corrected chi connectivity index (χ1v) is 5.56. The Bertz CT molecular complexity index is 351. The van der Waals surface area contributed by atoms with Crippen molar-refractivity contribution in [3.63, 3.8) is 0 Å². The summed E-state index contributed by atoms with van der Waals surface area (Å²) < 4.78 is 13.3. The van der Waals surface area contributed by atoms with Gasteiger partial charge >= 0.3 is 0 Å². The minimum absolute atomic E-state index is 0.252. The molecule has 2 rings (SSSR count). The normalized spacial score (nSPS) is 20.0. The number of rotatable bonds is 3. The Labute approximate surface area is 89.9 Å². The lowest BCUT2D eigenvalue weighted by Gasteiger charge is -2.27. The van der Waals surface area contributed by atoms with E-state index >= 15 is 0 Å². The average molecular weight is 208 g/mol. The largest absolute Gasteiger partial charge is 0.385 e. The van der Waals surface area contributed by atoms with Gasteiger partial charge in [0.1, 0.15) is 5.82 Å². The molecule has 1 nitrogen and oxygen atoms in total. The molecule has 1 saturated carbocycles. The second-order valence-electron chi connectivity index (χ2n) is 4.57. The highest BCUT2D eigenvalue weighted by atomic mass is 19.1. The van der Waals surface area contributed by atoms with Gasteiger partial charge in [-0.05, 0) is 55.4 Å². The minimum atomic E-state index is -0.813. The fourth-order valence-corrected chi connectivity index (χ4v) is 2.28. The van der Waals surface area contributed by atoms with E-state index in [1.165, 1.54) is 12.1 Å². The predicted molar refractivity (Wildman–Crippen MR) is 58.0 cm³/mol. The summed E-state index contributed by atoms with van der Waals surface area (Å²) in [6, 6.07) is 4.85. The first kappa shape index (κ1) is 10.6. The van der Waals surface area contributed by atoms with E-state index in [-0.39, 0.29) is 5.82 Å². The monoisotopic (exact) mass is 208 g/mol. The molecule has 0 spiro atoms. The Balaban J connectivity index is 2.41. The van der Waals surface area contributed by atoms with Crippen molar-refractivity contribution in [1.82, 2.24) is 0 Å². The van der Waals surface area contributed by atoms with Crippen LogP contribution >= 0.6 is 0 Å². The maximum absolute atomic E-state index is 13.3. The second-order valence-corrected chi connectivity index (χ2v) is 4.57. The number of hydrogen-bond donors (Lipinski definition) is 1. The third kappa shape index (κ3) is 1.91. The molecule has 0 radical (unpaired) electrons. The van der Waals surface area contributed by atoms with Gasteiger partial charge in [-0.25, -0.2) is 4.39 Å². The quantitative estimate of drug-likeness (QED) is 0.809. The van der Waals surface area contributed by atoms with Crippen molar-refractivity contribution < 1.29 is 9.50 Å². The van der Waals surface area contributed by atoms with Gasteiger partial charge in [0, 0.05) is 0 Å². The molecule has 0 bridgehead atoms. The van der Waals surface area contributed by atoms with Crippen LogP contribution in [0.25, 0.3) is 0 Å². The summed E-state index contributed by atoms with van der Waals surface area (Å²) in [7, 11) is 0. The molecule has 0 amide bonds. The van der Waals surface area contributed by atoms with E-state index in [0.29, 0.717) is 12.3 Å². The predicted octanol–water partition coefficient (Wildman–Crippen LogP) is 3.14. The molecule has 1 aliphatic carbocycles. The van der Waals surface area contributed by atoms with Gasteiger partial charge in [-0.1, -0.05) is 13.0 Å². The zero-order valence-corrected chi connectivity index (χ0v) is 9.26. The van der Waals surface area contributed by atoms with Crippen molar-refractivity contribution in [2.75, 3.05) is 0 Å². The number of benzene rings is 1. The van der Waals surface area contributed by atoms with Crippen LogP contribution in [0, 0.1) is 18.7 Å². The number of aliphatic hydroxyl groups is 1. The van der Waals surface area contributed by atoms with Gasteiger partial charge in [0.2, 0.25) is 0 Å². The Morgan fingerprint density at radius 2 is 2.07 bits per heavy atom. The molecule has 1 aromatic carbocycles. The van der Waals surface area contributed by atoms with Gasteiger partial charge < -0.3 is 5.11 Å². The summed E-state index contributed by atoms with van der Waals surface area (Å²) in [4.78, 5) is 0. The first-order chi connectivity index (χ1) is 7.06. The molecule has 1 atom stereocenters. The third-order valence-electron chi connectivity index (χ3n) is 3.33. The van der Waals surface area contributed by atoms with Crippen molar-refractivity contribution >= 4 is 0 Å². The van der Waals surface area contributed by atoms with E-state index in [1.807, 2.05) is 19.9 Å². The molecule has 1 aliphatic rings. The molecule has 82 valence electrons. The van der Waals surface area contributed by atoms with Crippen LogP contribution in [-0.2, 0) is 5.60 Å². The zero-order valence-electron chi connectivity index (χ0n) is 9.26. The molecule has 0 aromatic heterocycles. The van der Waals surface area contributed by atoms with Crippen LogP contribution in [-0.4, -0.2) is 5.11 Å². The molecule has 0 aliphatic heterocycles. The summed E-state index contributed by atoms with van der Waals surface area (Å²) in [6.45, 7) is 3.81. The fraction of sp³-hybridized carbons (Fsp3) is 0.538. The summed E-state index contributed by atoms with van der Waals surface area (Å²) in [5.41, 5.74) is 0.801. The molecule has 15 heavy (non-hydrogen) atoms. The highest BCUT2D eigenvalue weighted by Gasteiger charge is 2.43. The molecule has 0 heterocycles. The first-order valence-electron chi connectivity index (χ1n) is 5.56. The molecule has 1 unspecified atom stereocenters. The summed E-state index contributed by atoms with van der Waals surface area (Å²) in [6.07, 6.45) is 2.76. The van der Waals surface area contributed by atoms with Gasteiger partial charge in [0.25, 0.3) is 0 Å². The lowest BCUT2D eigenvalue weighted by Crippen LogP contribution is -2.27. The van der Waals surface area contributed by atoms with Crippen LogP contribution in [0.2, 0.25) is 0 Å². The molecule has 1 aromatic rings. The highest BCUT2D eigenvalue weighted by Crippen LogP contribution is 2.47. The summed E-state index contributed by atoms with van der Waals surface area (Å²) in [5, 5.41) is 10.5. The fourth-order valence-electron chi connectivity index (χ4n) is 2.28. The Morgan fingerprint density at radius 1 is 1.40 bits per heavy atom. The van der Waals surface area contributed by atoms with Crippen LogP contribution < -0.4 is 0 Å². The maximum atomic E-state index is 13.3. The van der Waals surface area contributed by atoms with Crippen LogP contribution in [0.3, 0.4) is 0 Å². The lowest BCUT2D eigenvalue weighted by atomic mass is 9.85. The number of hydrogen-bond acceptors (Lipinski definition) is 1. The average Bonchev–Trinajstić information content (AvgIpc) is 2.98. The second kappa shape index (κ2) is 3.60.